The minimum atomic E-state index is -0.842. The SMILES string of the molecule is C/C(=N\NC(N)=O)c1cc(F)c(S)cc1O. The van der Waals surface area contributed by atoms with Crippen LogP contribution in [0.25, 0.3) is 0 Å². The van der Waals surface area contributed by atoms with Gasteiger partial charge in [-0.2, -0.15) is 5.10 Å². The number of phenolic OH excluding ortho intramolecular Hbond substituents is 1. The van der Waals surface area contributed by atoms with Crippen LogP contribution >= 0.6 is 12.6 Å². The van der Waals surface area contributed by atoms with Crippen LogP contribution in [0.15, 0.2) is 22.1 Å². The van der Waals surface area contributed by atoms with E-state index in [4.69, 9.17) is 5.73 Å². The Labute approximate surface area is 96.6 Å². The summed E-state index contributed by atoms with van der Waals surface area (Å²) in [6, 6.07) is 1.38. The van der Waals surface area contributed by atoms with Gasteiger partial charge >= 0.3 is 6.03 Å². The summed E-state index contributed by atoms with van der Waals surface area (Å²) in [4.78, 5) is 10.4. The predicted molar refractivity (Wildman–Crippen MR) is 60.2 cm³/mol. The van der Waals surface area contributed by atoms with Crippen LogP contribution < -0.4 is 11.2 Å². The lowest BCUT2D eigenvalue weighted by Gasteiger charge is -2.05. The minimum Gasteiger partial charge on any atom is -0.507 e. The average molecular weight is 243 g/mol. The second-order valence-electron chi connectivity index (χ2n) is 2.99. The maximum absolute atomic E-state index is 13.2. The summed E-state index contributed by atoms with van der Waals surface area (Å²) in [7, 11) is 0. The number of hydrogen-bond acceptors (Lipinski definition) is 4. The number of thiol groups is 1. The molecule has 16 heavy (non-hydrogen) atoms. The lowest BCUT2D eigenvalue weighted by molar-refractivity contribution is 0.249. The fourth-order valence-electron chi connectivity index (χ4n) is 1.04. The largest absolute Gasteiger partial charge is 0.507 e. The van der Waals surface area contributed by atoms with Gasteiger partial charge in [-0.25, -0.2) is 14.6 Å². The van der Waals surface area contributed by atoms with Crippen molar-refractivity contribution in [1.82, 2.24) is 5.43 Å². The molecule has 0 fully saturated rings. The third-order valence-corrected chi connectivity index (χ3v) is 2.13. The number of amides is 2. The van der Waals surface area contributed by atoms with Crippen LogP contribution in [0.3, 0.4) is 0 Å². The molecule has 2 amide bonds. The van der Waals surface area contributed by atoms with Crippen molar-refractivity contribution < 1.29 is 14.3 Å². The molecule has 1 aromatic rings. The second-order valence-corrected chi connectivity index (χ2v) is 3.48. The Morgan fingerprint density at radius 1 is 1.62 bits per heavy atom. The fraction of sp³-hybridized carbons (Fsp3) is 0.111. The summed E-state index contributed by atoms with van der Waals surface area (Å²) in [5.74, 6) is -0.774. The predicted octanol–water partition coefficient (Wildman–Crippen LogP) is 1.21. The third kappa shape index (κ3) is 2.86. The summed E-state index contributed by atoms with van der Waals surface area (Å²) in [5, 5.41) is 13.1. The number of nitrogens with one attached hydrogen (secondary N) is 1. The van der Waals surface area contributed by atoms with E-state index in [0.717, 1.165) is 12.1 Å². The number of phenols is 1. The zero-order valence-corrected chi connectivity index (χ0v) is 9.25. The topological polar surface area (TPSA) is 87.7 Å². The number of hydrogen-bond donors (Lipinski definition) is 4. The van der Waals surface area contributed by atoms with Crippen LogP contribution in [0, 0.1) is 5.82 Å². The van der Waals surface area contributed by atoms with Gasteiger partial charge in [0.15, 0.2) is 0 Å². The van der Waals surface area contributed by atoms with Crippen LogP contribution in [0.4, 0.5) is 9.18 Å². The molecule has 0 aliphatic rings. The summed E-state index contributed by atoms with van der Waals surface area (Å²) in [6.45, 7) is 1.49. The molecule has 0 saturated carbocycles. The molecule has 0 aromatic heterocycles. The quantitative estimate of drug-likeness (QED) is 0.357. The Hall–Kier alpha value is -1.76. The number of carbonyl (C=O) groups is 1. The van der Waals surface area contributed by atoms with Crippen molar-refractivity contribution in [3.8, 4) is 5.75 Å². The smallest absolute Gasteiger partial charge is 0.332 e. The monoisotopic (exact) mass is 243 g/mol. The zero-order chi connectivity index (χ0) is 12.3. The number of nitrogens with two attached hydrogens (primary N) is 1. The number of benzene rings is 1. The van der Waals surface area contributed by atoms with Gasteiger partial charge in [-0.1, -0.05) is 0 Å². The Morgan fingerprint density at radius 2 is 2.25 bits per heavy atom. The Kier molecular flexibility index (Phi) is 3.73. The number of nitrogens with zero attached hydrogens (tertiary/aromatic N) is 1. The van der Waals surface area contributed by atoms with Gasteiger partial charge in [0.1, 0.15) is 11.6 Å². The molecule has 0 aliphatic carbocycles. The number of halogens is 1. The van der Waals surface area contributed by atoms with Crippen LogP contribution in [-0.2, 0) is 0 Å². The van der Waals surface area contributed by atoms with Gasteiger partial charge < -0.3 is 10.8 Å². The number of aromatic hydroxyl groups is 1. The average Bonchev–Trinajstić information content (AvgIpc) is 2.20. The van der Waals surface area contributed by atoms with E-state index in [1.807, 2.05) is 5.43 Å². The van der Waals surface area contributed by atoms with Crippen molar-refractivity contribution in [3.63, 3.8) is 0 Å². The molecule has 0 aliphatic heterocycles. The molecule has 7 heteroatoms. The molecule has 0 saturated heterocycles. The van der Waals surface area contributed by atoms with E-state index in [2.05, 4.69) is 17.7 Å². The molecule has 0 radical (unpaired) electrons. The maximum Gasteiger partial charge on any atom is 0.332 e. The molecular formula is C9H10FN3O2S. The Balaban J connectivity index is 3.08. The number of primary amides is 1. The number of hydrazone groups is 1. The highest BCUT2D eigenvalue weighted by molar-refractivity contribution is 7.80. The van der Waals surface area contributed by atoms with Crippen LogP contribution in [0.2, 0.25) is 0 Å². The van der Waals surface area contributed by atoms with Gasteiger partial charge in [-0.15, -0.1) is 12.6 Å². The lowest BCUT2D eigenvalue weighted by Crippen LogP contribution is -2.25. The fourth-order valence-corrected chi connectivity index (χ4v) is 1.23. The first kappa shape index (κ1) is 12.3. The van der Waals surface area contributed by atoms with Crippen molar-refractivity contribution in [2.45, 2.75) is 11.8 Å². The van der Waals surface area contributed by atoms with Crippen LogP contribution in [-0.4, -0.2) is 16.8 Å². The second kappa shape index (κ2) is 4.84. The molecule has 0 atom stereocenters. The minimum absolute atomic E-state index is 0.0249. The molecule has 1 rings (SSSR count). The van der Waals surface area contributed by atoms with E-state index in [0.29, 0.717) is 0 Å². The first-order valence-electron chi connectivity index (χ1n) is 4.23. The van der Waals surface area contributed by atoms with Crippen LogP contribution in [0.5, 0.6) is 5.75 Å². The molecule has 1 aromatic carbocycles. The third-order valence-electron chi connectivity index (χ3n) is 1.79. The highest BCUT2D eigenvalue weighted by Crippen LogP contribution is 2.24. The first-order valence-corrected chi connectivity index (χ1v) is 4.68. The molecular weight excluding hydrogens is 233 g/mol. The Bertz CT molecular complexity index is 462. The number of rotatable bonds is 2. The number of carbonyl (C=O) groups excluding carboxylic acids is 1. The van der Waals surface area contributed by atoms with Gasteiger partial charge in [0, 0.05) is 10.5 Å². The molecule has 0 bridgehead atoms. The molecule has 4 N–H and O–H groups in total. The van der Waals surface area contributed by atoms with Gasteiger partial charge in [-0.05, 0) is 19.1 Å². The van der Waals surface area contributed by atoms with Gasteiger partial charge in [0.2, 0.25) is 0 Å². The summed E-state index contributed by atoms with van der Waals surface area (Å²) < 4.78 is 13.2. The number of urea groups is 1. The molecule has 0 unspecified atom stereocenters. The van der Waals surface area contributed by atoms with E-state index in [-0.39, 0.29) is 21.9 Å². The van der Waals surface area contributed by atoms with E-state index in [1.165, 1.54) is 6.92 Å². The van der Waals surface area contributed by atoms with Crippen molar-refractivity contribution in [2.75, 3.05) is 0 Å². The van der Waals surface area contributed by atoms with Crippen molar-refractivity contribution in [2.24, 2.45) is 10.8 Å². The van der Waals surface area contributed by atoms with Gasteiger partial charge in [-0.3, -0.25) is 0 Å². The summed E-state index contributed by atoms with van der Waals surface area (Å²) >= 11 is 3.80. The highest BCUT2D eigenvalue weighted by atomic mass is 32.1. The highest BCUT2D eigenvalue weighted by Gasteiger charge is 2.09. The normalized spacial score (nSPS) is 11.3. The van der Waals surface area contributed by atoms with E-state index < -0.39 is 11.8 Å². The van der Waals surface area contributed by atoms with Gasteiger partial charge in [0.05, 0.1) is 5.71 Å². The standard InChI is InChI=1S/C9H10FN3O2S/c1-4(12-13-9(11)15)5-2-6(10)8(16)3-7(5)14/h2-3,14,16H,1H3,(H3,11,13,15)/b12-4+. The zero-order valence-electron chi connectivity index (χ0n) is 8.36. The van der Waals surface area contributed by atoms with Crippen molar-refractivity contribution in [3.05, 3.63) is 23.5 Å². The van der Waals surface area contributed by atoms with Crippen LogP contribution in [0.1, 0.15) is 12.5 Å². The van der Waals surface area contributed by atoms with E-state index >= 15 is 0 Å². The van der Waals surface area contributed by atoms with Crippen molar-refractivity contribution >= 4 is 24.4 Å². The lowest BCUT2D eigenvalue weighted by atomic mass is 10.1. The molecule has 0 spiro atoms. The molecule has 0 heterocycles. The summed E-state index contributed by atoms with van der Waals surface area (Å²) in [5.41, 5.74) is 7.17. The Morgan fingerprint density at radius 3 is 2.81 bits per heavy atom. The van der Waals surface area contributed by atoms with Crippen molar-refractivity contribution in [1.29, 1.82) is 0 Å². The molecule has 86 valence electrons. The van der Waals surface area contributed by atoms with E-state index in [9.17, 15) is 14.3 Å². The van der Waals surface area contributed by atoms with Gasteiger partial charge in [0.25, 0.3) is 0 Å². The first-order chi connectivity index (χ1) is 7.41. The van der Waals surface area contributed by atoms with E-state index in [1.54, 1.807) is 0 Å². The maximum atomic E-state index is 13.2. The summed E-state index contributed by atoms with van der Waals surface area (Å²) in [6.07, 6.45) is 0. The molecule has 5 nitrogen and oxygen atoms in total.